The second kappa shape index (κ2) is 5.65. The van der Waals surface area contributed by atoms with E-state index in [-0.39, 0.29) is 6.61 Å². The number of hydrogen-bond acceptors (Lipinski definition) is 2. The molecule has 3 nitrogen and oxygen atoms in total. The highest BCUT2D eigenvalue weighted by Gasteiger charge is 2.08. The maximum Gasteiger partial charge on any atom is 0.0702 e. The molecule has 0 radical (unpaired) electrons. The zero-order valence-electron chi connectivity index (χ0n) is 11.0. The molecule has 0 saturated heterocycles. The van der Waals surface area contributed by atoms with Crippen LogP contribution in [0.3, 0.4) is 0 Å². The number of aliphatic hydroxyl groups excluding tert-OH is 1. The molecule has 3 aromatic rings. The van der Waals surface area contributed by atoms with E-state index in [2.05, 4.69) is 9.55 Å². The third-order valence-corrected chi connectivity index (χ3v) is 3.72. The van der Waals surface area contributed by atoms with Gasteiger partial charge in [-0.05, 0) is 36.2 Å². The van der Waals surface area contributed by atoms with Crippen LogP contribution < -0.4 is 0 Å². The molecule has 0 fully saturated rings. The highest BCUT2D eigenvalue weighted by Crippen LogP contribution is 2.25. The summed E-state index contributed by atoms with van der Waals surface area (Å²) in [4.78, 5) is 4.02. The number of pyridine rings is 1. The lowest BCUT2D eigenvalue weighted by molar-refractivity contribution is 0.283. The molecule has 1 aromatic carbocycles. The van der Waals surface area contributed by atoms with Crippen molar-refractivity contribution in [2.45, 2.75) is 19.6 Å². The number of fused-ring (bicyclic) bond motifs is 1. The van der Waals surface area contributed by atoms with Crippen LogP contribution in [0, 0.1) is 0 Å². The number of hydrogen-bond donors (Lipinski definition) is 1. The van der Waals surface area contributed by atoms with E-state index in [1.54, 1.807) is 12.4 Å². The maximum absolute atomic E-state index is 9.45. The van der Waals surface area contributed by atoms with Crippen LogP contribution in [-0.4, -0.2) is 14.7 Å². The van der Waals surface area contributed by atoms with Crippen molar-refractivity contribution in [3.63, 3.8) is 0 Å². The molecule has 0 aliphatic carbocycles. The Morgan fingerprint density at radius 1 is 1.15 bits per heavy atom. The highest BCUT2D eigenvalue weighted by atomic mass is 35.5. The normalized spacial score (nSPS) is 11.1. The zero-order valence-corrected chi connectivity index (χ0v) is 11.7. The molecule has 0 aliphatic rings. The van der Waals surface area contributed by atoms with Gasteiger partial charge in [-0.1, -0.05) is 17.7 Å². The van der Waals surface area contributed by atoms with E-state index in [9.17, 15) is 5.11 Å². The van der Waals surface area contributed by atoms with Crippen LogP contribution in [-0.2, 0) is 19.6 Å². The fourth-order valence-electron chi connectivity index (χ4n) is 2.45. The van der Waals surface area contributed by atoms with Gasteiger partial charge in [-0.25, -0.2) is 0 Å². The van der Waals surface area contributed by atoms with Gasteiger partial charge in [0.1, 0.15) is 0 Å². The Hall–Kier alpha value is -1.84. The zero-order chi connectivity index (χ0) is 13.9. The van der Waals surface area contributed by atoms with Crippen LogP contribution in [0.15, 0.2) is 48.9 Å². The van der Waals surface area contributed by atoms with Crippen LogP contribution >= 0.6 is 11.6 Å². The van der Waals surface area contributed by atoms with Crippen molar-refractivity contribution < 1.29 is 5.11 Å². The highest BCUT2D eigenvalue weighted by molar-refractivity contribution is 6.31. The van der Waals surface area contributed by atoms with Gasteiger partial charge in [0.25, 0.3) is 0 Å². The summed E-state index contributed by atoms with van der Waals surface area (Å²) in [6, 6.07) is 9.81. The third kappa shape index (κ3) is 2.55. The minimum Gasteiger partial charge on any atom is -0.392 e. The quantitative estimate of drug-likeness (QED) is 0.798. The molecular formula is C16H15ClN2O. The lowest BCUT2D eigenvalue weighted by Gasteiger charge is -2.05. The van der Waals surface area contributed by atoms with Gasteiger partial charge in [0, 0.05) is 46.6 Å². The van der Waals surface area contributed by atoms with Gasteiger partial charge >= 0.3 is 0 Å². The number of benzene rings is 1. The van der Waals surface area contributed by atoms with Gasteiger partial charge in [0.05, 0.1) is 6.61 Å². The van der Waals surface area contributed by atoms with E-state index >= 15 is 0 Å². The van der Waals surface area contributed by atoms with Crippen LogP contribution in [0.25, 0.3) is 10.9 Å². The third-order valence-electron chi connectivity index (χ3n) is 3.49. The van der Waals surface area contributed by atoms with Crippen molar-refractivity contribution in [3.8, 4) is 0 Å². The van der Waals surface area contributed by atoms with E-state index in [1.165, 1.54) is 5.56 Å². The molecule has 2 heterocycles. The van der Waals surface area contributed by atoms with Crippen molar-refractivity contribution >= 4 is 22.5 Å². The second-order valence-electron chi connectivity index (χ2n) is 4.77. The molecule has 1 N–H and O–H groups in total. The van der Waals surface area contributed by atoms with Crippen LogP contribution in [0.1, 0.15) is 11.1 Å². The number of halogens is 1. The van der Waals surface area contributed by atoms with Crippen molar-refractivity contribution in [3.05, 3.63) is 65.1 Å². The molecule has 0 aliphatic heterocycles. The summed E-state index contributed by atoms with van der Waals surface area (Å²) in [5.74, 6) is 0. The SMILES string of the molecule is OCc1cn(CCc2ccncc2)c2cc(Cl)ccc12. The fourth-order valence-corrected chi connectivity index (χ4v) is 2.62. The van der Waals surface area contributed by atoms with Gasteiger partial charge in [0.2, 0.25) is 0 Å². The van der Waals surface area contributed by atoms with Crippen LogP contribution in [0.5, 0.6) is 0 Å². The smallest absolute Gasteiger partial charge is 0.0702 e. The average molecular weight is 287 g/mol. The van der Waals surface area contributed by atoms with Crippen molar-refractivity contribution in [1.29, 1.82) is 0 Å². The van der Waals surface area contributed by atoms with Crippen LogP contribution in [0.4, 0.5) is 0 Å². The Morgan fingerprint density at radius 2 is 1.95 bits per heavy atom. The van der Waals surface area contributed by atoms with E-state index < -0.39 is 0 Å². The van der Waals surface area contributed by atoms with Crippen LogP contribution in [0.2, 0.25) is 5.02 Å². The standard InChI is InChI=1S/C16H15ClN2O/c17-14-1-2-15-13(11-20)10-19(16(15)9-14)8-5-12-3-6-18-7-4-12/h1-4,6-7,9-10,20H,5,8,11H2. The Bertz CT molecular complexity index is 722. The molecule has 4 heteroatoms. The number of nitrogens with zero attached hydrogens (tertiary/aromatic N) is 2. The molecule has 0 unspecified atom stereocenters. The Kier molecular flexibility index (Phi) is 3.72. The first-order valence-corrected chi connectivity index (χ1v) is 6.93. The summed E-state index contributed by atoms with van der Waals surface area (Å²) in [5, 5.41) is 11.2. The minimum absolute atomic E-state index is 0.0421. The molecule has 102 valence electrons. The Balaban J connectivity index is 1.93. The summed E-state index contributed by atoms with van der Waals surface area (Å²) >= 11 is 6.08. The van der Waals surface area contributed by atoms with Gasteiger partial charge in [-0.3, -0.25) is 4.98 Å². The van der Waals surface area contributed by atoms with Crippen molar-refractivity contribution in [1.82, 2.24) is 9.55 Å². The lowest BCUT2D eigenvalue weighted by Crippen LogP contribution is -1.99. The first-order chi connectivity index (χ1) is 9.78. The van der Waals surface area contributed by atoms with Crippen molar-refractivity contribution in [2.75, 3.05) is 0 Å². The molecule has 0 saturated carbocycles. The fraction of sp³-hybridized carbons (Fsp3) is 0.188. The Labute approximate surface area is 122 Å². The molecule has 20 heavy (non-hydrogen) atoms. The molecule has 0 amide bonds. The molecule has 3 rings (SSSR count). The predicted molar refractivity (Wildman–Crippen MR) is 80.8 cm³/mol. The number of aliphatic hydroxyl groups is 1. The number of rotatable bonds is 4. The summed E-state index contributed by atoms with van der Waals surface area (Å²) in [7, 11) is 0. The lowest BCUT2D eigenvalue weighted by atomic mass is 10.2. The summed E-state index contributed by atoms with van der Waals surface area (Å²) in [5.41, 5.74) is 3.25. The number of aromatic nitrogens is 2. The van der Waals surface area contributed by atoms with Gasteiger partial charge in [-0.15, -0.1) is 0 Å². The van der Waals surface area contributed by atoms with E-state index in [0.717, 1.165) is 29.4 Å². The van der Waals surface area contributed by atoms with Gasteiger partial charge in [0.15, 0.2) is 0 Å². The minimum atomic E-state index is 0.0421. The molecule has 2 aromatic heterocycles. The van der Waals surface area contributed by atoms with Gasteiger partial charge < -0.3 is 9.67 Å². The van der Waals surface area contributed by atoms with Crippen molar-refractivity contribution in [2.24, 2.45) is 0 Å². The predicted octanol–water partition coefficient (Wildman–Crippen LogP) is 3.42. The van der Waals surface area contributed by atoms with Gasteiger partial charge in [-0.2, -0.15) is 0 Å². The maximum atomic E-state index is 9.45. The largest absolute Gasteiger partial charge is 0.392 e. The first-order valence-electron chi connectivity index (χ1n) is 6.55. The Morgan fingerprint density at radius 3 is 2.70 bits per heavy atom. The monoisotopic (exact) mass is 286 g/mol. The first kappa shape index (κ1) is 13.2. The van der Waals surface area contributed by atoms with E-state index in [1.807, 2.05) is 36.5 Å². The topological polar surface area (TPSA) is 38.0 Å². The molecule has 0 atom stereocenters. The average Bonchev–Trinajstić information content (AvgIpc) is 2.83. The molecule has 0 bridgehead atoms. The molecular weight excluding hydrogens is 272 g/mol. The molecule has 0 spiro atoms. The summed E-state index contributed by atoms with van der Waals surface area (Å²) in [6.45, 7) is 0.890. The van der Waals surface area contributed by atoms with E-state index in [0.29, 0.717) is 5.02 Å². The van der Waals surface area contributed by atoms with E-state index in [4.69, 9.17) is 11.6 Å². The number of aryl methyl sites for hydroxylation is 2. The summed E-state index contributed by atoms with van der Waals surface area (Å²) in [6.07, 6.45) is 6.53. The second-order valence-corrected chi connectivity index (χ2v) is 5.21. The summed E-state index contributed by atoms with van der Waals surface area (Å²) < 4.78 is 2.15.